The van der Waals surface area contributed by atoms with Crippen LogP contribution < -0.4 is 10.5 Å². The molecule has 4 heterocycles. The van der Waals surface area contributed by atoms with Gasteiger partial charge in [0, 0.05) is 35.9 Å². The van der Waals surface area contributed by atoms with Crippen molar-refractivity contribution in [3.05, 3.63) is 83.2 Å². The summed E-state index contributed by atoms with van der Waals surface area (Å²) in [4.78, 5) is 7.95. The third kappa shape index (κ3) is 3.25. The first-order chi connectivity index (χ1) is 16.5. The van der Waals surface area contributed by atoms with Crippen molar-refractivity contribution in [3.8, 4) is 22.6 Å². The molecule has 3 aliphatic rings. The van der Waals surface area contributed by atoms with Crippen molar-refractivity contribution in [1.82, 2.24) is 4.98 Å². The van der Waals surface area contributed by atoms with Crippen LogP contribution in [0.5, 0.6) is 11.5 Å². The number of nitrogens with two attached hydrogens (primary N) is 1. The highest BCUT2D eigenvalue weighted by atomic mass is 19.1. The number of hydrogen-bond acceptors (Lipinski definition) is 6. The number of ether oxygens (including phenoxy) is 3. The normalized spacial score (nSPS) is 21.0. The van der Waals surface area contributed by atoms with E-state index in [2.05, 4.69) is 9.98 Å². The maximum Gasteiger partial charge on any atom is 0.283 e. The fourth-order valence-corrected chi connectivity index (χ4v) is 4.89. The Bertz CT molecular complexity index is 1370. The minimum atomic E-state index is -1.13. The maximum absolute atomic E-state index is 15.5. The summed E-state index contributed by atoms with van der Waals surface area (Å²) >= 11 is 0. The number of halogens is 2. The van der Waals surface area contributed by atoms with Gasteiger partial charge in [-0.15, -0.1) is 0 Å². The molecule has 2 aromatic carbocycles. The number of aromatic nitrogens is 1. The molecule has 0 amide bonds. The van der Waals surface area contributed by atoms with Crippen LogP contribution in [0.3, 0.4) is 0 Å². The number of amidine groups is 1. The quantitative estimate of drug-likeness (QED) is 0.549. The first-order valence-electron chi connectivity index (χ1n) is 11.1. The van der Waals surface area contributed by atoms with Crippen LogP contribution in [0, 0.1) is 11.8 Å². The van der Waals surface area contributed by atoms with Crippen molar-refractivity contribution in [3.63, 3.8) is 0 Å². The topological polar surface area (TPSA) is 79.0 Å². The van der Waals surface area contributed by atoms with Gasteiger partial charge in [0.1, 0.15) is 5.75 Å². The van der Waals surface area contributed by atoms with Crippen molar-refractivity contribution >= 4 is 11.6 Å². The number of pyridine rings is 1. The van der Waals surface area contributed by atoms with E-state index in [4.69, 9.17) is 19.9 Å². The Morgan fingerprint density at radius 3 is 2.71 bits per heavy atom. The van der Waals surface area contributed by atoms with Crippen molar-refractivity contribution in [2.75, 3.05) is 19.8 Å². The molecular weight excluding hydrogens is 440 g/mol. The van der Waals surface area contributed by atoms with E-state index in [1.807, 2.05) is 12.1 Å². The van der Waals surface area contributed by atoms with Crippen LogP contribution in [0.2, 0.25) is 0 Å². The number of aliphatic imine (C=N–C) groups is 1. The highest BCUT2D eigenvalue weighted by Crippen LogP contribution is 2.54. The SMILES string of the molecule is NC1=NCC[C@]2(O1)c1cc(-c3cccnc3F)ccc1Oc1c(F)cc(C3=CCOCC3)cc12. The Morgan fingerprint density at radius 1 is 1.03 bits per heavy atom. The lowest BCUT2D eigenvalue weighted by molar-refractivity contribution is 0.0627. The maximum atomic E-state index is 15.5. The minimum Gasteiger partial charge on any atom is -0.453 e. The van der Waals surface area contributed by atoms with Crippen molar-refractivity contribution in [1.29, 1.82) is 0 Å². The molecule has 0 aliphatic carbocycles. The summed E-state index contributed by atoms with van der Waals surface area (Å²) in [5.74, 6) is -0.554. The molecule has 0 saturated carbocycles. The number of rotatable bonds is 2. The van der Waals surface area contributed by atoms with Crippen LogP contribution in [0.15, 0.2) is 59.7 Å². The molecule has 8 heteroatoms. The number of hydrogen-bond donors (Lipinski definition) is 1. The first kappa shape index (κ1) is 20.8. The van der Waals surface area contributed by atoms with Crippen molar-refractivity contribution in [2.24, 2.45) is 10.7 Å². The molecule has 0 unspecified atom stereocenters. The van der Waals surface area contributed by atoms with Crippen LogP contribution in [-0.4, -0.2) is 30.8 Å². The molecule has 172 valence electrons. The summed E-state index contributed by atoms with van der Waals surface area (Å²) in [6, 6.07) is 11.9. The Morgan fingerprint density at radius 2 is 1.91 bits per heavy atom. The lowest BCUT2D eigenvalue weighted by Crippen LogP contribution is -2.42. The van der Waals surface area contributed by atoms with Crippen LogP contribution in [0.4, 0.5) is 8.78 Å². The molecular formula is C26H21F2N3O3. The van der Waals surface area contributed by atoms with E-state index in [1.165, 1.54) is 12.3 Å². The minimum absolute atomic E-state index is 0.0131. The fraction of sp³-hybridized carbons (Fsp3) is 0.231. The molecule has 0 saturated heterocycles. The summed E-state index contributed by atoms with van der Waals surface area (Å²) in [7, 11) is 0. The Balaban J connectivity index is 1.57. The molecule has 2 N–H and O–H groups in total. The number of fused-ring (bicyclic) bond motifs is 4. The van der Waals surface area contributed by atoms with Gasteiger partial charge in [-0.2, -0.15) is 4.39 Å². The van der Waals surface area contributed by atoms with E-state index in [9.17, 15) is 4.39 Å². The molecule has 1 aromatic heterocycles. The van der Waals surface area contributed by atoms with Gasteiger partial charge in [0.15, 0.2) is 17.2 Å². The van der Waals surface area contributed by atoms with Gasteiger partial charge in [-0.25, -0.2) is 14.4 Å². The van der Waals surface area contributed by atoms with E-state index < -0.39 is 17.4 Å². The van der Waals surface area contributed by atoms with Gasteiger partial charge in [0.2, 0.25) is 5.95 Å². The molecule has 1 spiro atoms. The summed E-state index contributed by atoms with van der Waals surface area (Å²) in [6.07, 6.45) is 4.45. The van der Waals surface area contributed by atoms with E-state index in [1.54, 1.807) is 30.3 Å². The fourth-order valence-electron chi connectivity index (χ4n) is 4.89. The highest BCUT2D eigenvalue weighted by Gasteiger charge is 2.48. The Labute approximate surface area is 194 Å². The summed E-state index contributed by atoms with van der Waals surface area (Å²) < 4.78 is 47.6. The Hall–Kier alpha value is -3.78. The number of nitrogens with zero attached hydrogens (tertiary/aromatic N) is 2. The molecule has 0 bridgehead atoms. The third-order valence-corrected chi connectivity index (χ3v) is 6.52. The van der Waals surface area contributed by atoms with Gasteiger partial charge in [0.05, 0.1) is 13.2 Å². The van der Waals surface area contributed by atoms with Crippen LogP contribution in [-0.2, 0) is 15.1 Å². The van der Waals surface area contributed by atoms with Crippen LogP contribution in [0.1, 0.15) is 29.5 Å². The second kappa shape index (κ2) is 7.92. The van der Waals surface area contributed by atoms with Crippen molar-refractivity contribution in [2.45, 2.75) is 18.4 Å². The largest absolute Gasteiger partial charge is 0.453 e. The average molecular weight is 461 g/mol. The molecule has 3 aromatic rings. The van der Waals surface area contributed by atoms with E-state index in [-0.39, 0.29) is 11.8 Å². The monoisotopic (exact) mass is 461 g/mol. The molecule has 0 radical (unpaired) electrons. The zero-order valence-corrected chi connectivity index (χ0v) is 18.2. The second-order valence-corrected chi connectivity index (χ2v) is 8.44. The Kier molecular flexibility index (Phi) is 4.84. The highest BCUT2D eigenvalue weighted by molar-refractivity contribution is 5.77. The van der Waals surface area contributed by atoms with Gasteiger partial charge in [0.25, 0.3) is 6.02 Å². The number of benzene rings is 2. The average Bonchev–Trinajstić information content (AvgIpc) is 2.86. The molecule has 0 fully saturated rings. The van der Waals surface area contributed by atoms with Gasteiger partial charge in [-0.3, -0.25) is 0 Å². The van der Waals surface area contributed by atoms with Crippen LogP contribution >= 0.6 is 0 Å². The molecule has 1 atom stereocenters. The first-order valence-corrected chi connectivity index (χ1v) is 11.1. The van der Waals surface area contributed by atoms with Crippen molar-refractivity contribution < 1.29 is 23.0 Å². The second-order valence-electron chi connectivity index (χ2n) is 8.44. The predicted molar refractivity (Wildman–Crippen MR) is 122 cm³/mol. The van der Waals surface area contributed by atoms with E-state index in [0.717, 1.165) is 11.1 Å². The third-order valence-electron chi connectivity index (χ3n) is 6.52. The standard InChI is InChI=1S/C26H21F2N3O3/c27-21-14-17(15-5-10-32-11-6-15)13-20-23(21)33-22-4-3-16(18-2-1-8-30-24(18)28)12-19(22)26(20)7-9-31-25(29)34-26/h1-5,8,12-14H,6-7,9-11H2,(H2,29,31)/t26-/m0/s1. The van der Waals surface area contributed by atoms with E-state index in [0.29, 0.717) is 60.6 Å². The molecule has 6 rings (SSSR count). The molecule has 6 nitrogen and oxygen atoms in total. The lowest BCUT2D eigenvalue weighted by Gasteiger charge is -2.41. The molecule has 3 aliphatic heterocycles. The van der Waals surface area contributed by atoms with Gasteiger partial charge in [-0.05, 0) is 59.5 Å². The van der Waals surface area contributed by atoms with Gasteiger partial charge in [-0.1, -0.05) is 12.1 Å². The van der Waals surface area contributed by atoms with Crippen LogP contribution in [0.25, 0.3) is 16.7 Å². The van der Waals surface area contributed by atoms with E-state index >= 15 is 4.39 Å². The summed E-state index contributed by atoms with van der Waals surface area (Å²) in [5, 5.41) is 0. The molecule has 34 heavy (non-hydrogen) atoms. The smallest absolute Gasteiger partial charge is 0.283 e. The predicted octanol–water partition coefficient (Wildman–Crippen LogP) is 4.91. The van der Waals surface area contributed by atoms with Gasteiger partial charge < -0.3 is 19.9 Å². The zero-order valence-electron chi connectivity index (χ0n) is 18.2. The van der Waals surface area contributed by atoms with Gasteiger partial charge >= 0.3 is 0 Å². The lowest BCUT2D eigenvalue weighted by atomic mass is 9.78. The summed E-state index contributed by atoms with van der Waals surface area (Å²) in [6.45, 7) is 1.44. The zero-order chi connectivity index (χ0) is 23.3. The summed E-state index contributed by atoms with van der Waals surface area (Å²) in [5.41, 5.74) is 8.76.